The third kappa shape index (κ3) is 5.01. The van der Waals surface area contributed by atoms with E-state index in [1.807, 2.05) is 34.6 Å². The van der Waals surface area contributed by atoms with Crippen molar-refractivity contribution in [2.24, 2.45) is 4.99 Å². The summed E-state index contributed by atoms with van der Waals surface area (Å²) in [6.45, 7) is 11.7. The molecule has 10 nitrogen and oxygen atoms in total. The second-order valence-corrected chi connectivity index (χ2v) is 10.8. The molecule has 3 aliphatic rings. The molecule has 10 heteroatoms. The number of carbonyl (C=O) groups excluding carboxylic acids is 2. The van der Waals surface area contributed by atoms with Crippen LogP contribution in [0.1, 0.15) is 57.8 Å². The number of amides is 2. The Labute approximate surface area is 205 Å². The topological polar surface area (TPSA) is 117 Å². The highest BCUT2D eigenvalue weighted by atomic mass is 16.6. The Kier molecular flexibility index (Phi) is 6.33. The van der Waals surface area contributed by atoms with Crippen LogP contribution in [0.25, 0.3) is 0 Å². The predicted octanol–water partition coefficient (Wildman–Crippen LogP) is 3.53. The first kappa shape index (κ1) is 24.7. The minimum Gasteiger partial charge on any atom is -0.444 e. The lowest BCUT2D eigenvalue weighted by Gasteiger charge is -2.36. The first-order valence-electron chi connectivity index (χ1n) is 11.9. The number of hydrogen-bond acceptors (Lipinski definition) is 7. The van der Waals surface area contributed by atoms with Gasteiger partial charge in [-0.25, -0.2) is 4.79 Å². The van der Waals surface area contributed by atoms with E-state index < -0.39 is 16.1 Å². The number of amidine groups is 1. The Balaban J connectivity index is 1.41. The molecule has 0 bridgehead atoms. The van der Waals surface area contributed by atoms with E-state index in [4.69, 9.17) is 9.73 Å². The van der Waals surface area contributed by atoms with Crippen molar-refractivity contribution in [3.8, 4) is 0 Å². The minimum absolute atomic E-state index is 0.0232. The summed E-state index contributed by atoms with van der Waals surface area (Å²) in [7, 11) is 0. The van der Waals surface area contributed by atoms with Crippen LogP contribution in [0.2, 0.25) is 0 Å². The zero-order valence-corrected chi connectivity index (χ0v) is 21.0. The highest BCUT2D eigenvalue weighted by Crippen LogP contribution is 2.38. The van der Waals surface area contributed by atoms with Gasteiger partial charge in [0.2, 0.25) is 0 Å². The fourth-order valence-electron chi connectivity index (χ4n) is 4.87. The van der Waals surface area contributed by atoms with Crippen LogP contribution in [0, 0.1) is 10.1 Å². The van der Waals surface area contributed by atoms with Gasteiger partial charge in [0.1, 0.15) is 11.4 Å². The molecule has 1 atom stereocenters. The first-order valence-corrected chi connectivity index (χ1v) is 11.9. The van der Waals surface area contributed by atoms with Gasteiger partial charge in [0.05, 0.1) is 23.6 Å². The number of ether oxygens (including phenoxy) is 1. The van der Waals surface area contributed by atoms with Crippen molar-refractivity contribution < 1.29 is 19.2 Å². The normalized spacial score (nSPS) is 21.5. The SMILES string of the molecule is CC(C)(C)OC(=O)N1CC2=C(CN=C2NC2CCCN(C(=O)c3ccc([N+](=O)[O-])cc3)C2)C1(C)C. The molecule has 35 heavy (non-hydrogen) atoms. The number of nitrogens with one attached hydrogen (secondary N) is 1. The van der Waals surface area contributed by atoms with Gasteiger partial charge in [-0.2, -0.15) is 0 Å². The molecule has 188 valence electrons. The number of likely N-dealkylation sites (tertiary alicyclic amines) is 1. The summed E-state index contributed by atoms with van der Waals surface area (Å²) in [5.41, 5.74) is 1.47. The van der Waals surface area contributed by atoms with Crippen LogP contribution in [0.3, 0.4) is 0 Å². The van der Waals surface area contributed by atoms with Gasteiger partial charge in [0.25, 0.3) is 11.6 Å². The Bertz CT molecular complexity index is 1100. The van der Waals surface area contributed by atoms with Gasteiger partial charge in [-0.3, -0.25) is 24.8 Å². The second kappa shape index (κ2) is 8.98. The fraction of sp³-hybridized carbons (Fsp3) is 0.560. The van der Waals surface area contributed by atoms with Crippen LogP contribution in [0.4, 0.5) is 10.5 Å². The van der Waals surface area contributed by atoms with Gasteiger partial charge in [0, 0.05) is 42.4 Å². The lowest BCUT2D eigenvalue weighted by atomic mass is 9.94. The van der Waals surface area contributed by atoms with E-state index in [1.54, 1.807) is 9.80 Å². The average molecular weight is 484 g/mol. The van der Waals surface area contributed by atoms with Crippen molar-refractivity contribution >= 4 is 23.5 Å². The van der Waals surface area contributed by atoms with Crippen LogP contribution in [-0.2, 0) is 4.74 Å². The van der Waals surface area contributed by atoms with Crippen LogP contribution < -0.4 is 5.32 Å². The summed E-state index contributed by atoms with van der Waals surface area (Å²) in [5, 5.41) is 14.4. The van der Waals surface area contributed by atoms with Crippen molar-refractivity contribution in [3.63, 3.8) is 0 Å². The van der Waals surface area contributed by atoms with Crippen molar-refractivity contribution in [1.29, 1.82) is 0 Å². The second-order valence-electron chi connectivity index (χ2n) is 10.8. The molecule has 1 unspecified atom stereocenters. The van der Waals surface area contributed by atoms with Gasteiger partial charge in [-0.1, -0.05) is 0 Å². The highest BCUT2D eigenvalue weighted by Gasteiger charge is 2.47. The average Bonchev–Trinajstić information content (AvgIpc) is 3.30. The Morgan fingerprint density at radius 3 is 2.54 bits per heavy atom. The molecule has 1 fully saturated rings. The number of nitro groups is 1. The molecule has 1 aromatic rings. The summed E-state index contributed by atoms with van der Waals surface area (Å²) in [6.07, 6.45) is 1.39. The van der Waals surface area contributed by atoms with Crippen LogP contribution in [0.15, 0.2) is 40.4 Å². The molecule has 3 heterocycles. The predicted molar refractivity (Wildman–Crippen MR) is 132 cm³/mol. The van der Waals surface area contributed by atoms with Gasteiger partial charge in [0.15, 0.2) is 0 Å². The summed E-state index contributed by atoms with van der Waals surface area (Å²) >= 11 is 0. The van der Waals surface area contributed by atoms with Crippen molar-refractivity contribution in [2.75, 3.05) is 26.2 Å². The number of aliphatic imine (C=N–C) groups is 1. The van der Waals surface area contributed by atoms with Crippen LogP contribution in [-0.4, -0.2) is 75.9 Å². The van der Waals surface area contributed by atoms with Gasteiger partial charge < -0.3 is 15.0 Å². The third-order valence-electron chi connectivity index (χ3n) is 6.76. The fourth-order valence-corrected chi connectivity index (χ4v) is 4.87. The van der Waals surface area contributed by atoms with E-state index in [0.717, 1.165) is 29.8 Å². The zero-order chi connectivity index (χ0) is 25.5. The van der Waals surface area contributed by atoms with E-state index in [9.17, 15) is 19.7 Å². The van der Waals surface area contributed by atoms with Crippen molar-refractivity contribution in [3.05, 3.63) is 51.1 Å². The lowest BCUT2D eigenvalue weighted by Crippen LogP contribution is -2.50. The van der Waals surface area contributed by atoms with Gasteiger partial charge in [-0.05, 0) is 65.2 Å². The maximum absolute atomic E-state index is 13.0. The maximum atomic E-state index is 13.0. The number of non-ortho nitro benzene ring substituents is 1. The van der Waals surface area contributed by atoms with Crippen LogP contribution in [0.5, 0.6) is 0 Å². The number of carbonyl (C=O) groups is 2. The van der Waals surface area contributed by atoms with Crippen molar-refractivity contribution in [2.45, 2.75) is 64.6 Å². The van der Waals surface area contributed by atoms with E-state index >= 15 is 0 Å². The zero-order valence-electron chi connectivity index (χ0n) is 21.0. The molecular formula is C25H33N5O5. The van der Waals surface area contributed by atoms with E-state index in [1.165, 1.54) is 24.3 Å². The summed E-state index contributed by atoms with van der Waals surface area (Å²) in [4.78, 5) is 44.5. The summed E-state index contributed by atoms with van der Waals surface area (Å²) in [5.74, 6) is 0.645. The maximum Gasteiger partial charge on any atom is 0.411 e. The van der Waals surface area contributed by atoms with E-state index in [-0.39, 0.29) is 23.7 Å². The van der Waals surface area contributed by atoms with Gasteiger partial charge >= 0.3 is 6.09 Å². The molecule has 1 aromatic carbocycles. The minimum atomic E-state index is -0.572. The smallest absolute Gasteiger partial charge is 0.411 e. The summed E-state index contributed by atoms with van der Waals surface area (Å²) in [6, 6.07) is 5.73. The number of rotatable bonds is 3. The quantitative estimate of drug-likeness (QED) is 0.519. The molecule has 1 N–H and O–H groups in total. The molecule has 0 spiro atoms. The Morgan fingerprint density at radius 2 is 1.91 bits per heavy atom. The van der Waals surface area contributed by atoms with Gasteiger partial charge in [-0.15, -0.1) is 0 Å². The molecule has 1 saturated heterocycles. The number of benzene rings is 1. The lowest BCUT2D eigenvalue weighted by molar-refractivity contribution is -0.384. The van der Waals surface area contributed by atoms with Crippen molar-refractivity contribution in [1.82, 2.24) is 15.1 Å². The standard InChI is InChI=1S/C25H33N5O5/c1-24(2,3)35-23(32)29-15-19-20(25(29,4)5)13-26-21(19)27-17-7-6-12-28(14-17)22(31)16-8-10-18(11-9-16)30(33)34/h8-11,17H,6-7,12-15H2,1-5H3,(H,26,27). The number of nitrogens with zero attached hydrogens (tertiary/aromatic N) is 4. The largest absolute Gasteiger partial charge is 0.444 e. The molecule has 0 saturated carbocycles. The molecule has 0 aromatic heterocycles. The summed E-state index contributed by atoms with van der Waals surface area (Å²) < 4.78 is 5.63. The molecule has 0 aliphatic carbocycles. The number of piperidine rings is 1. The monoisotopic (exact) mass is 483 g/mol. The Hall–Kier alpha value is -3.43. The molecule has 0 radical (unpaired) electrons. The van der Waals surface area contributed by atoms with E-state index in [0.29, 0.717) is 31.7 Å². The highest BCUT2D eigenvalue weighted by molar-refractivity contribution is 6.03. The molecular weight excluding hydrogens is 450 g/mol. The first-order chi connectivity index (χ1) is 16.4. The molecule has 2 amide bonds. The number of hydrogen-bond donors (Lipinski definition) is 1. The van der Waals surface area contributed by atoms with E-state index in [2.05, 4.69) is 5.32 Å². The molecule has 4 rings (SSSR count). The van der Waals surface area contributed by atoms with Crippen LogP contribution >= 0.6 is 0 Å². The molecule has 3 aliphatic heterocycles. The third-order valence-corrected chi connectivity index (χ3v) is 6.76. The number of nitro benzene ring substituents is 1. The Morgan fingerprint density at radius 1 is 1.23 bits per heavy atom.